The van der Waals surface area contributed by atoms with Crippen molar-refractivity contribution in [3.63, 3.8) is 0 Å². The molecule has 0 saturated heterocycles. The van der Waals surface area contributed by atoms with E-state index in [-0.39, 0.29) is 0 Å². The van der Waals surface area contributed by atoms with Crippen molar-refractivity contribution in [2.75, 3.05) is 0 Å². The zero-order valence-electron chi connectivity index (χ0n) is 13.3. The highest BCUT2D eigenvalue weighted by Gasteiger charge is 2.49. The van der Waals surface area contributed by atoms with Crippen LogP contribution < -0.4 is 0 Å². The van der Waals surface area contributed by atoms with Crippen LogP contribution in [0, 0.1) is 43.4 Å². The molecule has 1 aromatic carbocycles. The van der Waals surface area contributed by atoms with E-state index in [9.17, 15) is 0 Å². The highest BCUT2D eigenvalue weighted by atomic mass is 79.9. The standard InChI is InChI=1S/C20H27Br/c1-12-3-4-13(2)16(5-12)11-19(21)20-17-7-14-6-15(9-17)10-18(20)8-14/h3-5,14-15,17-20H,6-11H2,1-2H3. The van der Waals surface area contributed by atoms with Crippen molar-refractivity contribution in [2.24, 2.45) is 29.6 Å². The van der Waals surface area contributed by atoms with Gasteiger partial charge in [0.2, 0.25) is 0 Å². The highest BCUT2D eigenvalue weighted by Crippen LogP contribution is 2.58. The third kappa shape index (κ3) is 2.60. The van der Waals surface area contributed by atoms with Gasteiger partial charge in [-0.15, -0.1) is 0 Å². The smallest absolute Gasteiger partial charge is 0.0219 e. The molecule has 0 radical (unpaired) electrons. The van der Waals surface area contributed by atoms with Crippen LogP contribution in [0.4, 0.5) is 0 Å². The molecule has 4 bridgehead atoms. The number of hydrogen-bond acceptors (Lipinski definition) is 0. The minimum absolute atomic E-state index is 0.688. The summed E-state index contributed by atoms with van der Waals surface area (Å²) in [7, 11) is 0. The Morgan fingerprint density at radius 1 is 1.00 bits per heavy atom. The third-order valence-electron chi connectivity index (χ3n) is 6.64. The average molecular weight is 347 g/mol. The molecule has 0 nitrogen and oxygen atoms in total. The molecule has 21 heavy (non-hydrogen) atoms. The molecule has 0 aliphatic heterocycles. The monoisotopic (exact) mass is 346 g/mol. The summed E-state index contributed by atoms with van der Waals surface area (Å²) in [4.78, 5) is 0.688. The summed E-state index contributed by atoms with van der Waals surface area (Å²) in [6.45, 7) is 4.49. The van der Waals surface area contributed by atoms with Crippen LogP contribution in [-0.2, 0) is 6.42 Å². The molecule has 0 N–H and O–H groups in total. The van der Waals surface area contributed by atoms with Crippen molar-refractivity contribution in [2.45, 2.75) is 57.2 Å². The molecule has 4 aliphatic carbocycles. The van der Waals surface area contributed by atoms with Gasteiger partial charge in [0, 0.05) is 4.83 Å². The van der Waals surface area contributed by atoms with Gasteiger partial charge in [0.1, 0.15) is 0 Å². The molecule has 0 amide bonds. The summed E-state index contributed by atoms with van der Waals surface area (Å²) in [6, 6.07) is 6.94. The maximum Gasteiger partial charge on any atom is 0.0219 e. The van der Waals surface area contributed by atoms with E-state index in [4.69, 9.17) is 0 Å². The molecule has 4 saturated carbocycles. The highest BCUT2D eigenvalue weighted by molar-refractivity contribution is 9.09. The Morgan fingerprint density at radius 2 is 1.62 bits per heavy atom. The summed E-state index contributed by atoms with van der Waals surface area (Å²) in [5.74, 6) is 5.16. The maximum absolute atomic E-state index is 4.13. The minimum Gasteiger partial charge on any atom is -0.0884 e. The van der Waals surface area contributed by atoms with Crippen LogP contribution in [0.5, 0.6) is 0 Å². The number of aryl methyl sites for hydroxylation is 2. The number of benzene rings is 1. The fourth-order valence-corrected chi connectivity index (χ4v) is 7.14. The molecule has 114 valence electrons. The first-order valence-corrected chi connectivity index (χ1v) is 9.72. The fraction of sp³-hybridized carbons (Fsp3) is 0.700. The summed E-state index contributed by atoms with van der Waals surface area (Å²) >= 11 is 4.13. The number of rotatable bonds is 3. The van der Waals surface area contributed by atoms with Crippen molar-refractivity contribution in [3.05, 3.63) is 34.9 Å². The van der Waals surface area contributed by atoms with Crippen LogP contribution in [0.2, 0.25) is 0 Å². The second-order valence-corrected chi connectivity index (χ2v) is 9.33. The first kappa shape index (κ1) is 14.3. The predicted octanol–water partition coefficient (Wildman–Crippen LogP) is 5.68. The van der Waals surface area contributed by atoms with Gasteiger partial charge in [0.05, 0.1) is 0 Å². The van der Waals surface area contributed by atoms with Gasteiger partial charge in [-0.2, -0.15) is 0 Å². The molecule has 5 rings (SSSR count). The third-order valence-corrected chi connectivity index (χ3v) is 7.57. The molecular weight excluding hydrogens is 320 g/mol. The number of halogens is 1. The Bertz CT molecular complexity index is 505. The van der Waals surface area contributed by atoms with E-state index >= 15 is 0 Å². The Hall–Kier alpha value is -0.300. The van der Waals surface area contributed by atoms with Crippen LogP contribution in [0.3, 0.4) is 0 Å². The predicted molar refractivity (Wildman–Crippen MR) is 92.9 cm³/mol. The van der Waals surface area contributed by atoms with Gasteiger partial charge < -0.3 is 0 Å². The Labute approximate surface area is 137 Å². The van der Waals surface area contributed by atoms with E-state index in [1.54, 1.807) is 12.0 Å². The van der Waals surface area contributed by atoms with Crippen LogP contribution in [0.15, 0.2) is 18.2 Å². The fourth-order valence-electron chi connectivity index (χ4n) is 5.92. The van der Waals surface area contributed by atoms with Crippen molar-refractivity contribution >= 4 is 15.9 Å². The van der Waals surface area contributed by atoms with E-state index in [1.807, 2.05) is 0 Å². The lowest BCUT2D eigenvalue weighted by atomic mass is 9.51. The molecule has 0 spiro atoms. The van der Waals surface area contributed by atoms with Gasteiger partial charge >= 0.3 is 0 Å². The SMILES string of the molecule is Cc1ccc(C)c(CC(Br)C2C3CC4CC(C3)CC2C4)c1. The lowest BCUT2D eigenvalue weighted by Gasteiger charge is -2.55. The quantitative estimate of drug-likeness (QED) is 0.617. The molecule has 1 aromatic rings. The first-order valence-electron chi connectivity index (χ1n) is 8.80. The van der Waals surface area contributed by atoms with Crippen molar-refractivity contribution in [1.82, 2.24) is 0 Å². The summed E-state index contributed by atoms with van der Waals surface area (Å²) in [6.07, 6.45) is 8.92. The molecule has 4 fully saturated rings. The molecule has 1 atom stereocenters. The second-order valence-electron chi connectivity index (χ2n) is 8.16. The molecule has 0 heterocycles. The molecule has 4 aliphatic rings. The van der Waals surface area contributed by atoms with Crippen molar-refractivity contribution < 1.29 is 0 Å². The van der Waals surface area contributed by atoms with E-state index in [1.165, 1.54) is 43.2 Å². The minimum atomic E-state index is 0.688. The summed E-state index contributed by atoms with van der Waals surface area (Å²) < 4.78 is 0. The maximum atomic E-state index is 4.13. The molecule has 0 aromatic heterocycles. The Morgan fingerprint density at radius 3 is 2.24 bits per heavy atom. The summed E-state index contributed by atoms with van der Waals surface area (Å²) in [5, 5.41) is 0. The van der Waals surface area contributed by atoms with Crippen LogP contribution in [0.25, 0.3) is 0 Å². The van der Waals surface area contributed by atoms with Gasteiger partial charge in [-0.3, -0.25) is 0 Å². The van der Waals surface area contributed by atoms with E-state index in [0.717, 1.165) is 29.6 Å². The summed E-state index contributed by atoms with van der Waals surface area (Å²) in [5.41, 5.74) is 4.43. The van der Waals surface area contributed by atoms with Crippen LogP contribution in [0.1, 0.15) is 48.8 Å². The topological polar surface area (TPSA) is 0 Å². The van der Waals surface area contributed by atoms with Crippen molar-refractivity contribution in [3.8, 4) is 0 Å². The lowest BCUT2D eigenvalue weighted by Crippen LogP contribution is -2.48. The van der Waals surface area contributed by atoms with E-state index in [0.29, 0.717) is 4.83 Å². The second kappa shape index (κ2) is 5.41. The van der Waals surface area contributed by atoms with Crippen molar-refractivity contribution in [1.29, 1.82) is 0 Å². The zero-order valence-corrected chi connectivity index (χ0v) is 14.9. The molecule has 1 heteroatoms. The van der Waals surface area contributed by atoms with Gasteiger partial charge in [-0.05, 0) is 93.1 Å². The van der Waals surface area contributed by atoms with E-state index in [2.05, 4.69) is 48.0 Å². The molecular formula is C20H27Br. The molecule has 1 unspecified atom stereocenters. The van der Waals surface area contributed by atoms with Gasteiger partial charge in [-0.1, -0.05) is 39.7 Å². The Kier molecular flexibility index (Phi) is 3.68. The van der Waals surface area contributed by atoms with Gasteiger partial charge in [-0.25, -0.2) is 0 Å². The van der Waals surface area contributed by atoms with Crippen LogP contribution >= 0.6 is 15.9 Å². The normalized spacial score (nSPS) is 38.7. The number of hydrogen-bond donors (Lipinski definition) is 0. The average Bonchev–Trinajstić information content (AvgIpc) is 2.41. The number of alkyl halides is 1. The van der Waals surface area contributed by atoms with Crippen LogP contribution in [-0.4, -0.2) is 4.83 Å². The van der Waals surface area contributed by atoms with Gasteiger partial charge in [0.15, 0.2) is 0 Å². The lowest BCUT2D eigenvalue weighted by molar-refractivity contribution is -0.0360. The first-order chi connectivity index (χ1) is 10.1. The van der Waals surface area contributed by atoms with E-state index < -0.39 is 0 Å². The largest absolute Gasteiger partial charge is 0.0884 e. The zero-order chi connectivity index (χ0) is 14.6. The Balaban J connectivity index is 1.52. The van der Waals surface area contributed by atoms with Gasteiger partial charge in [0.25, 0.3) is 0 Å².